The number of carbonyl (C=O) groups is 1. The Hall–Kier alpha value is -1.15. The van der Waals surface area contributed by atoms with Crippen LogP contribution in [0.1, 0.15) is 36.2 Å². The van der Waals surface area contributed by atoms with Crippen molar-refractivity contribution < 1.29 is 4.79 Å². The zero-order valence-electron chi connectivity index (χ0n) is 9.66. The topological polar surface area (TPSA) is 43.1 Å². The van der Waals surface area contributed by atoms with E-state index in [1.54, 1.807) is 0 Å². The van der Waals surface area contributed by atoms with Crippen molar-refractivity contribution >= 4 is 5.78 Å². The van der Waals surface area contributed by atoms with E-state index in [2.05, 4.69) is 0 Å². The van der Waals surface area contributed by atoms with Crippen LogP contribution >= 0.6 is 0 Å². The summed E-state index contributed by atoms with van der Waals surface area (Å²) in [6.45, 7) is 6.06. The molecule has 0 radical (unpaired) electrons. The van der Waals surface area contributed by atoms with Gasteiger partial charge in [-0.05, 0) is 12.8 Å². The van der Waals surface area contributed by atoms with E-state index in [1.807, 2.05) is 45.0 Å². The summed E-state index contributed by atoms with van der Waals surface area (Å²) in [6, 6.07) is 7.20. The molecule has 0 aliphatic heterocycles. The number of hydrogen-bond acceptors (Lipinski definition) is 2. The number of rotatable bonds is 4. The van der Waals surface area contributed by atoms with Gasteiger partial charge in [-0.3, -0.25) is 4.79 Å². The molecule has 0 spiro atoms. The normalized spacial score (nSPS) is 14.7. The lowest BCUT2D eigenvalue weighted by molar-refractivity contribution is 0.0935. The van der Waals surface area contributed by atoms with E-state index in [9.17, 15) is 4.79 Å². The van der Waals surface area contributed by atoms with Gasteiger partial charge in [0.05, 0.1) is 6.04 Å². The molecule has 1 rings (SSSR count). The fourth-order valence-electron chi connectivity index (χ4n) is 1.42. The smallest absolute Gasteiger partial charge is 0.179 e. The second kappa shape index (κ2) is 5.08. The van der Waals surface area contributed by atoms with E-state index in [4.69, 9.17) is 5.73 Å². The maximum absolute atomic E-state index is 11.9. The molecule has 2 N–H and O–H groups in total. The maximum Gasteiger partial charge on any atom is 0.179 e. The van der Waals surface area contributed by atoms with Crippen molar-refractivity contribution in [2.75, 3.05) is 0 Å². The van der Waals surface area contributed by atoms with Crippen LogP contribution in [0, 0.1) is 12.8 Å². The number of hydrogen-bond donors (Lipinski definition) is 1. The second-order valence-corrected chi connectivity index (χ2v) is 4.14. The van der Waals surface area contributed by atoms with Crippen LogP contribution in [0.2, 0.25) is 0 Å². The van der Waals surface area contributed by atoms with Gasteiger partial charge in [-0.2, -0.15) is 0 Å². The highest BCUT2D eigenvalue weighted by atomic mass is 16.1. The molecule has 0 amide bonds. The highest BCUT2D eigenvalue weighted by Crippen LogP contribution is 2.12. The Kier molecular flexibility index (Phi) is 4.04. The van der Waals surface area contributed by atoms with Crippen molar-refractivity contribution in [3.05, 3.63) is 35.4 Å². The minimum Gasteiger partial charge on any atom is -0.321 e. The molecule has 1 aromatic rings. The summed E-state index contributed by atoms with van der Waals surface area (Å²) < 4.78 is 0. The summed E-state index contributed by atoms with van der Waals surface area (Å²) in [6.07, 6.45) is 0.929. The van der Waals surface area contributed by atoms with Gasteiger partial charge in [0.25, 0.3) is 0 Å². The zero-order valence-corrected chi connectivity index (χ0v) is 9.66. The van der Waals surface area contributed by atoms with Gasteiger partial charge < -0.3 is 5.73 Å². The van der Waals surface area contributed by atoms with Crippen LogP contribution in [0.3, 0.4) is 0 Å². The first-order chi connectivity index (χ1) is 7.06. The molecule has 0 saturated heterocycles. The van der Waals surface area contributed by atoms with Crippen LogP contribution in [0.25, 0.3) is 0 Å². The summed E-state index contributed by atoms with van der Waals surface area (Å²) in [7, 11) is 0. The van der Waals surface area contributed by atoms with E-state index in [1.165, 1.54) is 0 Å². The highest BCUT2D eigenvalue weighted by Gasteiger charge is 2.20. The van der Waals surface area contributed by atoms with Crippen molar-refractivity contribution in [3.63, 3.8) is 0 Å². The lowest BCUT2D eigenvalue weighted by atomic mass is 9.92. The predicted molar refractivity (Wildman–Crippen MR) is 62.9 cm³/mol. The first-order valence-corrected chi connectivity index (χ1v) is 5.42. The largest absolute Gasteiger partial charge is 0.321 e. The van der Waals surface area contributed by atoms with Gasteiger partial charge in [-0.25, -0.2) is 0 Å². The zero-order chi connectivity index (χ0) is 11.4. The van der Waals surface area contributed by atoms with Crippen LogP contribution in [0.15, 0.2) is 24.3 Å². The SMILES string of the molecule is CCC(C)C(N)C(=O)c1ccc(C)cc1. The Balaban J connectivity index is 2.80. The Bertz CT molecular complexity index is 329. The van der Waals surface area contributed by atoms with Crippen LogP contribution in [-0.4, -0.2) is 11.8 Å². The second-order valence-electron chi connectivity index (χ2n) is 4.14. The molecule has 0 heterocycles. The van der Waals surface area contributed by atoms with Gasteiger partial charge in [-0.15, -0.1) is 0 Å². The van der Waals surface area contributed by atoms with Crippen molar-refractivity contribution in [3.8, 4) is 0 Å². The first kappa shape index (κ1) is 11.9. The summed E-state index contributed by atoms with van der Waals surface area (Å²) in [5, 5.41) is 0. The third-order valence-corrected chi connectivity index (χ3v) is 2.90. The number of nitrogens with two attached hydrogens (primary N) is 1. The van der Waals surface area contributed by atoms with Crippen molar-refractivity contribution in [2.45, 2.75) is 33.2 Å². The minimum absolute atomic E-state index is 0.0457. The third-order valence-electron chi connectivity index (χ3n) is 2.90. The monoisotopic (exact) mass is 205 g/mol. The fourth-order valence-corrected chi connectivity index (χ4v) is 1.42. The number of ketones is 1. The molecule has 0 bridgehead atoms. The summed E-state index contributed by atoms with van der Waals surface area (Å²) in [4.78, 5) is 11.9. The first-order valence-electron chi connectivity index (χ1n) is 5.42. The summed E-state index contributed by atoms with van der Waals surface area (Å²) in [5.74, 6) is 0.281. The average molecular weight is 205 g/mol. The lowest BCUT2D eigenvalue weighted by Gasteiger charge is -2.16. The molecule has 0 fully saturated rings. The number of benzene rings is 1. The van der Waals surface area contributed by atoms with Crippen LogP contribution in [-0.2, 0) is 0 Å². The Morgan fingerprint density at radius 1 is 1.33 bits per heavy atom. The van der Waals surface area contributed by atoms with E-state index >= 15 is 0 Å². The molecule has 1 aromatic carbocycles. The van der Waals surface area contributed by atoms with E-state index in [0.29, 0.717) is 5.56 Å². The number of Topliss-reactive ketones (excluding diaryl/α,β-unsaturated/α-hetero) is 1. The Morgan fingerprint density at radius 3 is 2.33 bits per heavy atom. The third kappa shape index (κ3) is 2.90. The van der Waals surface area contributed by atoms with Gasteiger partial charge in [-0.1, -0.05) is 50.1 Å². The number of carbonyl (C=O) groups excluding carboxylic acids is 1. The van der Waals surface area contributed by atoms with Gasteiger partial charge in [0, 0.05) is 5.56 Å². The van der Waals surface area contributed by atoms with E-state index in [0.717, 1.165) is 12.0 Å². The van der Waals surface area contributed by atoms with Gasteiger partial charge >= 0.3 is 0 Å². The lowest BCUT2D eigenvalue weighted by Crippen LogP contribution is -2.36. The van der Waals surface area contributed by atoms with Crippen LogP contribution in [0.4, 0.5) is 0 Å². The maximum atomic E-state index is 11.9. The Morgan fingerprint density at radius 2 is 1.87 bits per heavy atom. The molecule has 2 atom stereocenters. The molecule has 2 unspecified atom stereocenters. The molecule has 0 aliphatic rings. The molecule has 2 heteroatoms. The van der Waals surface area contributed by atoms with E-state index in [-0.39, 0.29) is 17.7 Å². The predicted octanol–water partition coefficient (Wildman–Crippen LogP) is 2.55. The van der Waals surface area contributed by atoms with Crippen LogP contribution < -0.4 is 5.73 Å². The summed E-state index contributed by atoms with van der Waals surface area (Å²) in [5.41, 5.74) is 7.76. The van der Waals surface area contributed by atoms with Gasteiger partial charge in [0.15, 0.2) is 5.78 Å². The Labute approximate surface area is 91.5 Å². The standard InChI is InChI=1S/C13H19NO/c1-4-10(3)12(14)13(15)11-7-5-9(2)6-8-11/h5-8,10,12H,4,14H2,1-3H3. The summed E-state index contributed by atoms with van der Waals surface area (Å²) >= 11 is 0. The molecule has 82 valence electrons. The molecule has 15 heavy (non-hydrogen) atoms. The molecular formula is C13H19NO. The fraction of sp³-hybridized carbons (Fsp3) is 0.462. The van der Waals surface area contributed by atoms with Crippen molar-refractivity contribution in [1.29, 1.82) is 0 Å². The molecule has 0 aliphatic carbocycles. The molecular weight excluding hydrogens is 186 g/mol. The average Bonchev–Trinajstić information content (AvgIpc) is 2.27. The van der Waals surface area contributed by atoms with E-state index < -0.39 is 0 Å². The molecule has 0 saturated carbocycles. The number of aryl methyl sites for hydroxylation is 1. The quantitative estimate of drug-likeness (QED) is 0.768. The minimum atomic E-state index is -0.377. The van der Waals surface area contributed by atoms with Crippen molar-refractivity contribution in [1.82, 2.24) is 0 Å². The van der Waals surface area contributed by atoms with Gasteiger partial charge in [0.2, 0.25) is 0 Å². The molecule has 0 aromatic heterocycles. The van der Waals surface area contributed by atoms with Crippen molar-refractivity contribution in [2.24, 2.45) is 11.7 Å². The molecule has 2 nitrogen and oxygen atoms in total. The highest BCUT2D eigenvalue weighted by molar-refractivity contribution is 6.00. The van der Waals surface area contributed by atoms with Gasteiger partial charge in [0.1, 0.15) is 0 Å². The van der Waals surface area contributed by atoms with Crippen LogP contribution in [0.5, 0.6) is 0 Å².